The zero-order valence-corrected chi connectivity index (χ0v) is 12.8. The van der Waals surface area contributed by atoms with Crippen LogP contribution in [-0.4, -0.2) is 18.2 Å². The van der Waals surface area contributed by atoms with Gasteiger partial charge in [-0.05, 0) is 38.0 Å². The quantitative estimate of drug-likeness (QED) is 0.694. The average Bonchev–Trinajstić information content (AvgIpc) is 2.29. The van der Waals surface area contributed by atoms with Crippen LogP contribution >= 0.6 is 0 Å². The molecule has 0 aromatic carbocycles. The van der Waals surface area contributed by atoms with E-state index in [4.69, 9.17) is 10.5 Å². The van der Waals surface area contributed by atoms with Crippen LogP contribution < -0.4 is 5.73 Å². The summed E-state index contributed by atoms with van der Waals surface area (Å²) in [6, 6.07) is 0.238. The number of hydrogen-bond donors (Lipinski definition) is 1. The van der Waals surface area contributed by atoms with E-state index < -0.39 is 0 Å². The maximum Gasteiger partial charge on any atom is 0.0755 e. The van der Waals surface area contributed by atoms with Crippen molar-refractivity contribution in [3.05, 3.63) is 0 Å². The summed E-state index contributed by atoms with van der Waals surface area (Å²) in [7, 11) is 0. The van der Waals surface area contributed by atoms with Gasteiger partial charge in [0.05, 0.1) is 12.2 Å². The molecule has 5 atom stereocenters. The van der Waals surface area contributed by atoms with E-state index in [9.17, 15) is 0 Å². The smallest absolute Gasteiger partial charge is 0.0755 e. The number of ether oxygens (including phenoxy) is 1. The minimum absolute atomic E-state index is 0.238. The molecule has 0 bridgehead atoms. The zero-order valence-electron chi connectivity index (χ0n) is 12.8. The Balaban J connectivity index is 2.27. The second kappa shape index (κ2) is 8.16. The van der Waals surface area contributed by atoms with E-state index in [1.54, 1.807) is 0 Å². The van der Waals surface area contributed by atoms with Gasteiger partial charge in [0.1, 0.15) is 0 Å². The number of hydrogen-bond acceptors (Lipinski definition) is 2. The van der Waals surface area contributed by atoms with E-state index in [1.165, 1.54) is 38.5 Å². The van der Waals surface area contributed by atoms with Crippen LogP contribution in [0.5, 0.6) is 0 Å². The van der Waals surface area contributed by atoms with Crippen molar-refractivity contribution in [3.8, 4) is 0 Å². The summed E-state index contributed by atoms with van der Waals surface area (Å²) in [5.74, 6) is 1.37. The lowest BCUT2D eigenvalue weighted by atomic mass is 9.78. The van der Waals surface area contributed by atoms with Gasteiger partial charge in [-0.25, -0.2) is 0 Å². The molecule has 18 heavy (non-hydrogen) atoms. The van der Waals surface area contributed by atoms with Crippen LogP contribution in [0.3, 0.4) is 0 Å². The summed E-state index contributed by atoms with van der Waals surface area (Å²) in [4.78, 5) is 0. The van der Waals surface area contributed by atoms with Gasteiger partial charge in [0.2, 0.25) is 0 Å². The van der Waals surface area contributed by atoms with Crippen LogP contribution in [0.15, 0.2) is 0 Å². The third-order valence-corrected chi connectivity index (χ3v) is 4.29. The standard InChI is InChI=1S/C16H33NO/c1-5-6-7-8-9-14(4)18-16-13(3)10-12(2)11-15(16)17/h12-16H,5-11,17H2,1-4H3. The summed E-state index contributed by atoms with van der Waals surface area (Å²) >= 11 is 0. The highest BCUT2D eigenvalue weighted by atomic mass is 16.5. The third kappa shape index (κ3) is 5.27. The second-order valence-corrected chi connectivity index (χ2v) is 6.48. The normalized spacial score (nSPS) is 34.5. The molecule has 0 radical (unpaired) electrons. The molecule has 2 nitrogen and oxygen atoms in total. The first-order chi connectivity index (χ1) is 8.54. The summed E-state index contributed by atoms with van der Waals surface area (Å²) in [6.07, 6.45) is 9.51. The van der Waals surface area contributed by atoms with Crippen LogP contribution in [0.4, 0.5) is 0 Å². The topological polar surface area (TPSA) is 35.2 Å². The minimum Gasteiger partial charge on any atom is -0.373 e. The van der Waals surface area contributed by atoms with E-state index in [1.807, 2.05) is 0 Å². The van der Waals surface area contributed by atoms with Crippen LogP contribution in [0, 0.1) is 11.8 Å². The Morgan fingerprint density at radius 3 is 2.50 bits per heavy atom. The van der Waals surface area contributed by atoms with Crippen molar-refractivity contribution in [2.75, 3.05) is 0 Å². The monoisotopic (exact) mass is 255 g/mol. The van der Waals surface area contributed by atoms with Crippen molar-refractivity contribution in [2.45, 2.75) is 90.9 Å². The van der Waals surface area contributed by atoms with Crippen LogP contribution in [0.25, 0.3) is 0 Å². The Kier molecular flexibility index (Phi) is 7.25. The number of rotatable bonds is 7. The summed E-state index contributed by atoms with van der Waals surface area (Å²) in [5.41, 5.74) is 6.26. The molecule has 2 heteroatoms. The van der Waals surface area contributed by atoms with Crippen LogP contribution in [0.2, 0.25) is 0 Å². The summed E-state index contributed by atoms with van der Waals surface area (Å²) in [6.45, 7) is 9.07. The van der Waals surface area contributed by atoms with Gasteiger partial charge in [-0.3, -0.25) is 0 Å². The van der Waals surface area contributed by atoms with Crippen molar-refractivity contribution in [1.82, 2.24) is 0 Å². The molecule has 2 N–H and O–H groups in total. The predicted molar refractivity (Wildman–Crippen MR) is 78.6 cm³/mol. The van der Waals surface area contributed by atoms with Gasteiger partial charge >= 0.3 is 0 Å². The first-order valence-electron chi connectivity index (χ1n) is 7.95. The molecule has 1 fully saturated rings. The number of unbranched alkanes of at least 4 members (excludes halogenated alkanes) is 3. The third-order valence-electron chi connectivity index (χ3n) is 4.29. The summed E-state index contributed by atoms with van der Waals surface area (Å²) in [5, 5.41) is 0. The predicted octanol–water partition coefficient (Wildman–Crippen LogP) is 4.12. The second-order valence-electron chi connectivity index (χ2n) is 6.48. The highest BCUT2D eigenvalue weighted by Gasteiger charge is 2.33. The molecule has 0 spiro atoms. The maximum absolute atomic E-state index is 6.26. The molecule has 0 aliphatic heterocycles. The van der Waals surface area contributed by atoms with Crippen molar-refractivity contribution in [2.24, 2.45) is 17.6 Å². The Hall–Kier alpha value is -0.0800. The molecule has 1 aliphatic rings. The van der Waals surface area contributed by atoms with Gasteiger partial charge < -0.3 is 10.5 Å². The fourth-order valence-corrected chi connectivity index (χ4v) is 3.32. The van der Waals surface area contributed by atoms with Crippen molar-refractivity contribution < 1.29 is 4.74 Å². The molecule has 5 unspecified atom stereocenters. The number of nitrogens with two attached hydrogens (primary N) is 1. The highest BCUT2D eigenvalue weighted by Crippen LogP contribution is 2.31. The Bertz CT molecular complexity index is 207. The van der Waals surface area contributed by atoms with Crippen molar-refractivity contribution in [3.63, 3.8) is 0 Å². The van der Waals surface area contributed by atoms with Gasteiger partial charge in [-0.15, -0.1) is 0 Å². The first kappa shape index (κ1) is 16.0. The van der Waals surface area contributed by atoms with Gasteiger partial charge in [-0.1, -0.05) is 46.5 Å². The fraction of sp³-hybridized carbons (Fsp3) is 1.00. The van der Waals surface area contributed by atoms with E-state index in [2.05, 4.69) is 27.7 Å². The molecule has 1 rings (SSSR count). The van der Waals surface area contributed by atoms with Gasteiger partial charge in [0.15, 0.2) is 0 Å². The molecule has 0 heterocycles. The van der Waals surface area contributed by atoms with Crippen molar-refractivity contribution in [1.29, 1.82) is 0 Å². The van der Waals surface area contributed by atoms with Crippen LogP contribution in [-0.2, 0) is 4.74 Å². The largest absolute Gasteiger partial charge is 0.373 e. The minimum atomic E-state index is 0.238. The average molecular weight is 255 g/mol. The fourth-order valence-electron chi connectivity index (χ4n) is 3.32. The molecule has 108 valence electrons. The molecule has 0 saturated heterocycles. The lowest BCUT2D eigenvalue weighted by Gasteiger charge is -2.39. The Morgan fingerprint density at radius 2 is 1.89 bits per heavy atom. The van der Waals surface area contributed by atoms with Gasteiger partial charge in [0, 0.05) is 6.04 Å². The van der Waals surface area contributed by atoms with Crippen LogP contribution in [0.1, 0.15) is 72.6 Å². The first-order valence-corrected chi connectivity index (χ1v) is 7.95. The molecule has 0 amide bonds. The van der Waals surface area contributed by atoms with E-state index in [0.717, 1.165) is 12.3 Å². The SMILES string of the molecule is CCCCCCC(C)OC1C(C)CC(C)CC1N. The lowest BCUT2D eigenvalue weighted by molar-refractivity contribution is -0.0690. The maximum atomic E-state index is 6.26. The van der Waals surface area contributed by atoms with Crippen molar-refractivity contribution >= 4 is 0 Å². The zero-order chi connectivity index (χ0) is 13.5. The molecule has 1 saturated carbocycles. The molecule has 1 aliphatic carbocycles. The van der Waals surface area contributed by atoms with Gasteiger partial charge in [0.25, 0.3) is 0 Å². The van der Waals surface area contributed by atoms with E-state index >= 15 is 0 Å². The molecular weight excluding hydrogens is 222 g/mol. The molecular formula is C16H33NO. The molecule has 0 aromatic heterocycles. The Labute approximate surface area is 114 Å². The van der Waals surface area contributed by atoms with E-state index in [-0.39, 0.29) is 12.1 Å². The molecule has 0 aromatic rings. The van der Waals surface area contributed by atoms with Gasteiger partial charge in [-0.2, -0.15) is 0 Å². The summed E-state index contributed by atoms with van der Waals surface area (Å²) < 4.78 is 6.22. The lowest BCUT2D eigenvalue weighted by Crippen LogP contribution is -2.47. The van der Waals surface area contributed by atoms with E-state index in [0.29, 0.717) is 12.0 Å². The highest BCUT2D eigenvalue weighted by molar-refractivity contribution is 4.87. The Morgan fingerprint density at radius 1 is 1.17 bits per heavy atom.